The first-order chi connectivity index (χ1) is 12.3. The summed E-state index contributed by atoms with van der Waals surface area (Å²) in [6.45, 7) is 0.639. The number of para-hydroxylation sites is 1. The van der Waals surface area contributed by atoms with E-state index in [-0.39, 0.29) is 11.3 Å². The van der Waals surface area contributed by atoms with Gasteiger partial charge in [0.2, 0.25) is 5.91 Å². The quantitative estimate of drug-likeness (QED) is 0.686. The fourth-order valence-corrected chi connectivity index (χ4v) is 4.36. The van der Waals surface area contributed by atoms with Crippen LogP contribution in [0.3, 0.4) is 0 Å². The van der Waals surface area contributed by atoms with E-state index in [0.29, 0.717) is 12.5 Å². The highest BCUT2D eigenvalue weighted by Gasteiger charge is 2.66. The monoisotopic (exact) mass is 325 g/mol. The van der Waals surface area contributed by atoms with E-state index in [4.69, 9.17) is 0 Å². The minimum atomic E-state index is -0.354. The van der Waals surface area contributed by atoms with E-state index in [9.17, 15) is 4.79 Å². The second-order valence-electron chi connectivity index (χ2n) is 7.03. The van der Waals surface area contributed by atoms with Crippen LogP contribution in [0.25, 0.3) is 0 Å². The maximum atomic E-state index is 13.5. The van der Waals surface area contributed by atoms with E-state index in [1.807, 2.05) is 35.2 Å². The highest BCUT2D eigenvalue weighted by atomic mass is 16.2. The molecule has 1 spiro atoms. The summed E-state index contributed by atoms with van der Waals surface area (Å²) in [6.07, 6.45) is 0.915. The van der Waals surface area contributed by atoms with Crippen molar-refractivity contribution in [2.24, 2.45) is 0 Å². The molecule has 0 bridgehead atoms. The Morgan fingerprint density at radius 2 is 1.48 bits per heavy atom. The molecule has 0 N–H and O–H groups in total. The lowest BCUT2D eigenvalue weighted by Gasteiger charge is -2.18. The molecule has 1 aliphatic heterocycles. The fourth-order valence-electron chi connectivity index (χ4n) is 4.36. The van der Waals surface area contributed by atoms with Crippen LogP contribution >= 0.6 is 0 Å². The van der Waals surface area contributed by atoms with Gasteiger partial charge in [-0.25, -0.2) is 0 Å². The van der Waals surface area contributed by atoms with Gasteiger partial charge in [0.05, 0.1) is 12.0 Å². The zero-order chi connectivity index (χ0) is 16.9. The van der Waals surface area contributed by atoms with Crippen molar-refractivity contribution < 1.29 is 4.79 Å². The summed E-state index contributed by atoms with van der Waals surface area (Å²) in [6, 6.07) is 29.0. The van der Waals surface area contributed by atoms with Gasteiger partial charge in [0.25, 0.3) is 0 Å². The molecular formula is C23H19NO. The summed E-state index contributed by atoms with van der Waals surface area (Å²) < 4.78 is 0. The molecule has 3 aromatic carbocycles. The first kappa shape index (κ1) is 14.5. The number of hydrogen-bond donors (Lipinski definition) is 0. The number of fused-ring (bicyclic) bond motifs is 2. The van der Waals surface area contributed by atoms with Gasteiger partial charge in [-0.1, -0.05) is 78.9 Å². The van der Waals surface area contributed by atoms with Gasteiger partial charge in [-0.15, -0.1) is 0 Å². The van der Waals surface area contributed by atoms with Gasteiger partial charge in [-0.3, -0.25) is 4.79 Å². The number of nitrogens with zero attached hydrogens (tertiary/aromatic N) is 1. The third kappa shape index (κ3) is 2.07. The van der Waals surface area contributed by atoms with Gasteiger partial charge in [0.1, 0.15) is 0 Å². The Morgan fingerprint density at radius 1 is 0.840 bits per heavy atom. The summed E-state index contributed by atoms with van der Waals surface area (Å²) in [5, 5.41) is 0. The average Bonchev–Trinajstić information content (AvgIpc) is 3.39. The van der Waals surface area contributed by atoms with Crippen LogP contribution in [0.5, 0.6) is 0 Å². The van der Waals surface area contributed by atoms with Gasteiger partial charge in [0, 0.05) is 11.6 Å². The van der Waals surface area contributed by atoms with Crippen molar-refractivity contribution in [1.82, 2.24) is 0 Å². The maximum Gasteiger partial charge on any atom is 0.238 e. The zero-order valence-corrected chi connectivity index (χ0v) is 13.9. The second kappa shape index (κ2) is 5.32. The van der Waals surface area contributed by atoms with E-state index in [0.717, 1.165) is 12.1 Å². The second-order valence-corrected chi connectivity index (χ2v) is 7.03. The molecule has 122 valence electrons. The number of rotatable bonds is 3. The highest BCUT2D eigenvalue weighted by Crippen LogP contribution is 2.66. The molecule has 2 heteroatoms. The number of anilines is 1. The van der Waals surface area contributed by atoms with Crippen molar-refractivity contribution in [3.8, 4) is 0 Å². The molecule has 2 aliphatic rings. The Labute approximate surface area is 147 Å². The molecular weight excluding hydrogens is 306 g/mol. The van der Waals surface area contributed by atoms with Gasteiger partial charge in [-0.2, -0.15) is 0 Å². The van der Waals surface area contributed by atoms with Crippen molar-refractivity contribution in [1.29, 1.82) is 0 Å². The molecule has 0 unspecified atom stereocenters. The summed E-state index contributed by atoms with van der Waals surface area (Å²) in [4.78, 5) is 15.4. The third-order valence-electron chi connectivity index (χ3n) is 5.65. The largest absolute Gasteiger partial charge is 0.307 e. The molecule has 1 aliphatic carbocycles. The van der Waals surface area contributed by atoms with Gasteiger partial charge in [0.15, 0.2) is 0 Å². The van der Waals surface area contributed by atoms with Crippen LogP contribution in [0.4, 0.5) is 5.69 Å². The normalized spacial score (nSPS) is 23.8. The van der Waals surface area contributed by atoms with E-state index in [2.05, 4.69) is 54.6 Å². The van der Waals surface area contributed by atoms with Crippen molar-refractivity contribution in [3.05, 3.63) is 102 Å². The van der Waals surface area contributed by atoms with Crippen molar-refractivity contribution >= 4 is 11.6 Å². The minimum absolute atomic E-state index is 0.256. The van der Waals surface area contributed by atoms with Crippen LogP contribution in [0.15, 0.2) is 84.9 Å². The number of hydrogen-bond acceptors (Lipinski definition) is 1. The SMILES string of the molecule is O=C1N(Cc2ccccc2)c2ccccc2[C@@]12C[C@@H]2c1ccccc1. The van der Waals surface area contributed by atoms with E-state index < -0.39 is 0 Å². The minimum Gasteiger partial charge on any atom is -0.307 e. The number of carbonyl (C=O) groups is 1. The van der Waals surface area contributed by atoms with Crippen molar-refractivity contribution in [3.63, 3.8) is 0 Å². The molecule has 2 nitrogen and oxygen atoms in total. The maximum absolute atomic E-state index is 13.5. The summed E-state index contributed by atoms with van der Waals surface area (Å²) in [5.41, 5.74) is 4.36. The third-order valence-corrected chi connectivity index (χ3v) is 5.65. The average molecular weight is 325 g/mol. The predicted octanol–water partition coefficient (Wildman–Crippen LogP) is 4.66. The first-order valence-electron chi connectivity index (χ1n) is 8.81. The van der Waals surface area contributed by atoms with Gasteiger partial charge in [-0.05, 0) is 29.2 Å². The Bertz CT molecular complexity index is 935. The van der Waals surface area contributed by atoms with Crippen LogP contribution in [-0.2, 0) is 16.8 Å². The summed E-state index contributed by atoms with van der Waals surface area (Å²) >= 11 is 0. The van der Waals surface area contributed by atoms with Gasteiger partial charge >= 0.3 is 0 Å². The van der Waals surface area contributed by atoms with Crippen molar-refractivity contribution in [2.75, 3.05) is 4.90 Å². The molecule has 2 atom stereocenters. The molecule has 1 amide bonds. The van der Waals surface area contributed by atoms with Crippen molar-refractivity contribution in [2.45, 2.75) is 24.3 Å². The lowest BCUT2D eigenvalue weighted by Crippen LogP contribution is -2.32. The molecule has 5 rings (SSSR count). The topological polar surface area (TPSA) is 20.3 Å². The predicted molar refractivity (Wildman–Crippen MR) is 99.6 cm³/mol. The van der Waals surface area contributed by atoms with Gasteiger partial charge < -0.3 is 4.90 Å². The molecule has 25 heavy (non-hydrogen) atoms. The Hall–Kier alpha value is -2.87. The Kier molecular flexibility index (Phi) is 3.08. The Morgan fingerprint density at radius 3 is 2.24 bits per heavy atom. The standard InChI is InChI=1S/C23H19NO/c25-22-23(15-20(23)18-11-5-2-6-12-18)19-13-7-8-14-21(19)24(22)16-17-9-3-1-4-10-17/h1-14,20H,15-16H2/t20-,23-/m1/s1. The molecule has 0 radical (unpaired) electrons. The zero-order valence-electron chi connectivity index (χ0n) is 13.9. The Balaban J connectivity index is 1.56. The highest BCUT2D eigenvalue weighted by molar-refractivity contribution is 6.11. The fraction of sp³-hybridized carbons (Fsp3) is 0.174. The number of amides is 1. The van der Waals surface area contributed by atoms with E-state index in [1.165, 1.54) is 16.7 Å². The summed E-state index contributed by atoms with van der Waals surface area (Å²) in [5.74, 6) is 0.550. The van der Waals surface area contributed by atoms with Crippen LogP contribution in [0, 0.1) is 0 Å². The smallest absolute Gasteiger partial charge is 0.238 e. The molecule has 1 saturated carbocycles. The van der Waals surface area contributed by atoms with Crippen LogP contribution in [-0.4, -0.2) is 5.91 Å². The van der Waals surface area contributed by atoms with E-state index in [1.54, 1.807) is 0 Å². The van der Waals surface area contributed by atoms with E-state index >= 15 is 0 Å². The van der Waals surface area contributed by atoms with Crippen LogP contribution in [0.1, 0.15) is 29.0 Å². The lowest BCUT2D eigenvalue weighted by atomic mass is 9.92. The number of benzene rings is 3. The number of carbonyl (C=O) groups excluding carboxylic acids is 1. The molecule has 0 saturated heterocycles. The summed E-state index contributed by atoms with van der Waals surface area (Å²) in [7, 11) is 0. The molecule has 1 heterocycles. The van der Waals surface area contributed by atoms with Crippen LogP contribution in [0.2, 0.25) is 0 Å². The van der Waals surface area contributed by atoms with Crippen LogP contribution < -0.4 is 4.90 Å². The molecule has 0 aromatic heterocycles. The lowest BCUT2D eigenvalue weighted by molar-refractivity contribution is -0.120. The molecule has 3 aromatic rings. The first-order valence-corrected chi connectivity index (χ1v) is 8.81. The molecule has 1 fully saturated rings.